The molecule has 0 spiro atoms. The molecule has 7 heteroatoms. The van der Waals surface area contributed by atoms with Gasteiger partial charge >= 0.3 is 12.0 Å². The molecule has 116 valence electrons. The number of nitrogens with one attached hydrogen (secondary N) is 1. The van der Waals surface area contributed by atoms with E-state index in [4.69, 9.17) is 14.6 Å². The van der Waals surface area contributed by atoms with Crippen molar-refractivity contribution >= 4 is 12.0 Å². The highest BCUT2D eigenvalue weighted by molar-refractivity contribution is 5.77. The van der Waals surface area contributed by atoms with E-state index < -0.39 is 11.4 Å². The largest absolute Gasteiger partial charge is 0.481 e. The summed E-state index contributed by atoms with van der Waals surface area (Å²) in [6, 6.07) is -0.185. The molecule has 0 aliphatic carbocycles. The van der Waals surface area contributed by atoms with Crippen LogP contribution in [0.15, 0.2) is 0 Å². The number of piperidine rings is 1. The second kappa shape index (κ2) is 7.44. The van der Waals surface area contributed by atoms with Crippen LogP contribution >= 0.6 is 0 Å². The van der Waals surface area contributed by atoms with Crippen LogP contribution < -0.4 is 5.32 Å². The van der Waals surface area contributed by atoms with E-state index in [2.05, 4.69) is 5.32 Å². The first-order valence-electron chi connectivity index (χ1n) is 6.71. The second-order valence-electron chi connectivity index (χ2n) is 5.35. The second-order valence-corrected chi connectivity index (χ2v) is 5.35. The van der Waals surface area contributed by atoms with Gasteiger partial charge in [-0.25, -0.2) is 4.79 Å². The Morgan fingerprint density at radius 1 is 1.35 bits per heavy atom. The van der Waals surface area contributed by atoms with Crippen molar-refractivity contribution < 1.29 is 24.2 Å². The first-order chi connectivity index (χ1) is 9.42. The Balaban J connectivity index is 2.37. The van der Waals surface area contributed by atoms with Crippen LogP contribution in [0.1, 0.15) is 19.8 Å². The molecule has 0 radical (unpaired) electrons. The summed E-state index contributed by atoms with van der Waals surface area (Å²) in [6.07, 6.45) is 0.765. The molecule has 1 saturated heterocycles. The van der Waals surface area contributed by atoms with E-state index in [1.165, 1.54) is 0 Å². The number of likely N-dealkylation sites (tertiary alicyclic amines) is 1. The molecule has 1 unspecified atom stereocenters. The van der Waals surface area contributed by atoms with Gasteiger partial charge in [-0.2, -0.15) is 0 Å². The number of carbonyl (C=O) groups is 2. The monoisotopic (exact) mass is 288 g/mol. The van der Waals surface area contributed by atoms with Gasteiger partial charge in [-0.1, -0.05) is 0 Å². The molecule has 1 rings (SSSR count). The van der Waals surface area contributed by atoms with Crippen LogP contribution in [0.5, 0.6) is 0 Å². The van der Waals surface area contributed by atoms with Crippen LogP contribution in [0.25, 0.3) is 0 Å². The summed E-state index contributed by atoms with van der Waals surface area (Å²) in [5.74, 6) is -0.794. The van der Waals surface area contributed by atoms with E-state index in [1.807, 2.05) is 0 Å². The Hall–Kier alpha value is -1.34. The van der Waals surface area contributed by atoms with Gasteiger partial charge in [-0.3, -0.25) is 4.79 Å². The molecule has 1 fully saturated rings. The van der Waals surface area contributed by atoms with Crippen molar-refractivity contribution in [3.8, 4) is 0 Å². The summed E-state index contributed by atoms with van der Waals surface area (Å²) >= 11 is 0. The van der Waals surface area contributed by atoms with Gasteiger partial charge in [0.05, 0.1) is 18.1 Å². The van der Waals surface area contributed by atoms with Crippen molar-refractivity contribution in [2.24, 2.45) is 5.41 Å². The predicted molar refractivity (Wildman–Crippen MR) is 72.6 cm³/mol. The molecule has 2 amide bonds. The Labute approximate surface area is 119 Å². The number of urea groups is 1. The number of methoxy groups -OCH3 is 2. The maximum absolute atomic E-state index is 12.0. The topological polar surface area (TPSA) is 88.1 Å². The number of carbonyl (C=O) groups excluding carboxylic acids is 1. The Bertz CT molecular complexity index is 340. The number of carboxylic acids is 1. The summed E-state index contributed by atoms with van der Waals surface area (Å²) in [6.45, 7) is 3.42. The Morgan fingerprint density at radius 2 is 1.95 bits per heavy atom. The average Bonchev–Trinajstić information content (AvgIpc) is 2.43. The molecule has 1 aliphatic rings. The Morgan fingerprint density at radius 3 is 2.40 bits per heavy atom. The predicted octanol–water partition coefficient (Wildman–Crippen LogP) is 0.544. The molecule has 20 heavy (non-hydrogen) atoms. The molecule has 0 aromatic carbocycles. The SMILES string of the molecule is COCC(CNC(=O)N1CCC(C)(C(=O)O)CC1)OC. The minimum absolute atomic E-state index is 0.182. The molecule has 0 aromatic rings. The third kappa shape index (κ3) is 4.35. The first-order valence-corrected chi connectivity index (χ1v) is 6.71. The molecule has 0 bridgehead atoms. The average molecular weight is 288 g/mol. The summed E-state index contributed by atoms with van der Waals surface area (Å²) in [7, 11) is 3.14. The molecular formula is C13H24N2O5. The number of rotatable bonds is 6. The lowest BCUT2D eigenvalue weighted by Crippen LogP contribution is -2.50. The van der Waals surface area contributed by atoms with Crippen LogP contribution in [-0.2, 0) is 14.3 Å². The van der Waals surface area contributed by atoms with E-state index in [1.54, 1.807) is 26.0 Å². The molecule has 1 aliphatic heterocycles. The molecular weight excluding hydrogens is 264 g/mol. The number of hydrogen-bond donors (Lipinski definition) is 2. The van der Waals surface area contributed by atoms with Crippen molar-refractivity contribution in [3.05, 3.63) is 0 Å². The number of nitrogens with zero attached hydrogens (tertiary/aromatic N) is 1. The lowest BCUT2D eigenvalue weighted by Gasteiger charge is -2.36. The van der Waals surface area contributed by atoms with Gasteiger partial charge in [0.1, 0.15) is 0 Å². The van der Waals surface area contributed by atoms with Crippen LogP contribution in [0, 0.1) is 5.41 Å². The quantitative estimate of drug-likeness (QED) is 0.745. The zero-order valence-electron chi connectivity index (χ0n) is 12.3. The lowest BCUT2D eigenvalue weighted by molar-refractivity contribution is -0.150. The standard InChI is InChI=1S/C13H24N2O5/c1-13(11(16)17)4-6-15(7-5-13)12(18)14-8-10(20-3)9-19-2/h10H,4-9H2,1-3H3,(H,14,18)(H,16,17). The van der Waals surface area contributed by atoms with Gasteiger partial charge in [-0.15, -0.1) is 0 Å². The van der Waals surface area contributed by atoms with Gasteiger partial charge < -0.3 is 24.8 Å². The lowest BCUT2D eigenvalue weighted by atomic mass is 9.80. The number of ether oxygens (including phenoxy) is 2. The minimum Gasteiger partial charge on any atom is -0.481 e. The third-order valence-corrected chi connectivity index (χ3v) is 3.84. The number of amides is 2. The molecule has 1 atom stereocenters. The van der Waals surface area contributed by atoms with Gasteiger partial charge in [0.25, 0.3) is 0 Å². The van der Waals surface area contributed by atoms with Gasteiger partial charge in [0.2, 0.25) is 0 Å². The highest BCUT2D eigenvalue weighted by Gasteiger charge is 2.38. The fourth-order valence-electron chi connectivity index (χ4n) is 2.13. The third-order valence-electron chi connectivity index (χ3n) is 3.84. The minimum atomic E-state index is -0.794. The van der Waals surface area contributed by atoms with Gasteiger partial charge in [0.15, 0.2) is 0 Å². The van der Waals surface area contributed by atoms with Crippen molar-refractivity contribution in [1.82, 2.24) is 10.2 Å². The van der Waals surface area contributed by atoms with Gasteiger partial charge in [-0.05, 0) is 19.8 Å². The summed E-state index contributed by atoms with van der Waals surface area (Å²) in [4.78, 5) is 24.7. The van der Waals surface area contributed by atoms with E-state index in [-0.39, 0.29) is 12.1 Å². The molecule has 7 nitrogen and oxygen atoms in total. The fraction of sp³-hybridized carbons (Fsp3) is 0.846. The molecule has 0 aromatic heterocycles. The van der Waals surface area contributed by atoms with E-state index >= 15 is 0 Å². The number of hydrogen-bond acceptors (Lipinski definition) is 4. The normalized spacial score (nSPS) is 19.4. The zero-order chi connectivity index (χ0) is 15.2. The van der Waals surface area contributed by atoms with E-state index in [9.17, 15) is 9.59 Å². The van der Waals surface area contributed by atoms with Crippen LogP contribution in [0.3, 0.4) is 0 Å². The highest BCUT2D eigenvalue weighted by atomic mass is 16.5. The molecule has 1 heterocycles. The van der Waals surface area contributed by atoms with Crippen LogP contribution in [0.4, 0.5) is 4.79 Å². The summed E-state index contributed by atoms with van der Waals surface area (Å²) in [5, 5.41) is 11.9. The van der Waals surface area contributed by atoms with Crippen molar-refractivity contribution in [1.29, 1.82) is 0 Å². The van der Waals surface area contributed by atoms with E-state index in [0.29, 0.717) is 39.1 Å². The van der Waals surface area contributed by atoms with Crippen molar-refractivity contribution in [2.75, 3.05) is 40.5 Å². The molecule has 0 saturated carbocycles. The number of carboxylic acid groups (broad SMARTS) is 1. The fourth-order valence-corrected chi connectivity index (χ4v) is 2.13. The summed E-state index contributed by atoms with van der Waals surface area (Å²) in [5.41, 5.74) is -0.720. The van der Waals surface area contributed by atoms with Crippen LogP contribution in [-0.4, -0.2) is 68.6 Å². The van der Waals surface area contributed by atoms with Crippen molar-refractivity contribution in [2.45, 2.75) is 25.9 Å². The van der Waals surface area contributed by atoms with Gasteiger partial charge in [0, 0.05) is 33.9 Å². The maximum atomic E-state index is 12.0. The number of aliphatic carboxylic acids is 1. The zero-order valence-corrected chi connectivity index (χ0v) is 12.3. The highest BCUT2D eigenvalue weighted by Crippen LogP contribution is 2.30. The van der Waals surface area contributed by atoms with Crippen molar-refractivity contribution in [3.63, 3.8) is 0 Å². The maximum Gasteiger partial charge on any atom is 0.317 e. The smallest absolute Gasteiger partial charge is 0.317 e. The molecule has 2 N–H and O–H groups in total. The van der Waals surface area contributed by atoms with E-state index in [0.717, 1.165) is 0 Å². The Kier molecular flexibility index (Phi) is 6.22. The first kappa shape index (κ1) is 16.7. The van der Waals surface area contributed by atoms with Crippen LogP contribution in [0.2, 0.25) is 0 Å². The summed E-state index contributed by atoms with van der Waals surface area (Å²) < 4.78 is 10.1.